The summed E-state index contributed by atoms with van der Waals surface area (Å²) < 4.78 is 12.6. The van der Waals surface area contributed by atoms with Crippen molar-refractivity contribution < 1.29 is 9.31 Å². The van der Waals surface area contributed by atoms with Crippen LogP contribution >= 0.6 is 12.6 Å². The predicted molar refractivity (Wildman–Crippen MR) is 172 cm³/mol. The van der Waals surface area contributed by atoms with E-state index in [-0.39, 0.29) is 23.7 Å². The average Bonchev–Trinajstić information content (AvgIpc) is 3.34. The molecule has 204 valence electrons. The molecule has 0 amide bonds. The van der Waals surface area contributed by atoms with E-state index in [2.05, 4.69) is 149 Å². The number of anilines is 3. The molecular formula is C35H38BNO2S. The highest BCUT2D eigenvalue weighted by Gasteiger charge is 2.51. The van der Waals surface area contributed by atoms with E-state index >= 15 is 0 Å². The number of rotatable bonds is 7. The van der Waals surface area contributed by atoms with Gasteiger partial charge in [0.05, 0.1) is 11.2 Å². The lowest BCUT2D eigenvalue weighted by atomic mass is 9.76. The lowest BCUT2D eigenvalue weighted by Gasteiger charge is -2.32. The molecule has 0 spiro atoms. The molecule has 0 saturated carbocycles. The topological polar surface area (TPSA) is 21.7 Å². The first-order chi connectivity index (χ1) is 19.1. The fraction of sp³-hybridized carbons (Fsp3) is 0.314. The van der Waals surface area contributed by atoms with Gasteiger partial charge >= 0.3 is 7.12 Å². The minimum atomic E-state index is -0.379. The Hall–Kier alpha value is -2.99. The minimum absolute atomic E-state index is 0.0480. The maximum absolute atomic E-state index is 6.31. The first kappa shape index (κ1) is 27.2. The van der Waals surface area contributed by atoms with Crippen LogP contribution in [0.3, 0.4) is 0 Å². The zero-order valence-electron chi connectivity index (χ0n) is 24.1. The maximum Gasteiger partial charge on any atom is 0.494 e. The van der Waals surface area contributed by atoms with Gasteiger partial charge in [-0.15, -0.1) is 0 Å². The summed E-state index contributed by atoms with van der Waals surface area (Å²) in [6.45, 7) is 10.8. The van der Waals surface area contributed by atoms with E-state index in [9.17, 15) is 0 Å². The molecule has 3 nitrogen and oxygen atoms in total. The molecule has 0 bridgehead atoms. The molecule has 1 atom stereocenters. The van der Waals surface area contributed by atoms with Gasteiger partial charge in [0, 0.05) is 22.5 Å². The van der Waals surface area contributed by atoms with Gasteiger partial charge in [-0.3, -0.25) is 0 Å². The van der Waals surface area contributed by atoms with Crippen molar-refractivity contribution in [2.24, 2.45) is 0 Å². The second kappa shape index (κ2) is 10.1. The third kappa shape index (κ3) is 4.49. The Morgan fingerprint density at radius 1 is 0.650 bits per heavy atom. The standard InChI is InChI=1S/C35H38BNO2S/c1-33(2)34(3,4)39-36(38-33)25-16-18-27(19-17-25)37(26-12-7-6-8-13-26)28-20-21-30-29-14-9-10-15-31(29)35(5,22-11-23-40)32(30)24-28/h6-10,12-21,24,40H,11,22-23H2,1-5H3. The SMILES string of the molecule is CC1(CCCS)c2ccccc2-c2ccc(N(c3ccccc3)c3ccc(B4OC(C)(C)C(C)(C)O4)cc3)cc21. The van der Waals surface area contributed by atoms with Crippen molar-refractivity contribution in [1.29, 1.82) is 0 Å². The fourth-order valence-electron chi connectivity index (χ4n) is 6.19. The summed E-state index contributed by atoms with van der Waals surface area (Å²) in [6, 6.07) is 35.1. The Bertz CT molecular complexity index is 1500. The highest BCUT2D eigenvalue weighted by Crippen LogP contribution is 2.52. The van der Waals surface area contributed by atoms with Crippen LogP contribution in [0.5, 0.6) is 0 Å². The zero-order valence-corrected chi connectivity index (χ0v) is 25.0. The molecule has 6 rings (SSSR count). The third-order valence-electron chi connectivity index (χ3n) is 9.19. The molecule has 1 aliphatic heterocycles. The van der Waals surface area contributed by atoms with Crippen LogP contribution in [0.25, 0.3) is 11.1 Å². The number of fused-ring (bicyclic) bond motifs is 3. The molecule has 0 N–H and O–H groups in total. The van der Waals surface area contributed by atoms with Gasteiger partial charge in [-0.05, 0) is 110 Å². The van der Waals surface area contributed by atoms with Crippen molar-refractivity contribution >= 4 is 42.3 Å². The molecule has 40 heavy (non-hydrogen) atoms. The number of hydrogen-bond donors (Lipinski definition) is 1. The van der Waals surface area contributed by atoms with Crippen molar-refractivity contribution in [3.05, 3.63) is 108 Å². The normalized spacial score (nSPS) is 20.3. The third-order valence-corrected chi connectivity index (χ3v) is 9.51. The molecule has 2 aliphatic rings. The van der Waals surface area contributed by atoms with Crippen LogP contribution in [0.15, 0.2) is 97.1 Å². The predicted octanol–water partition coefficient (Wildman–Crippen LogP) is 8.45. The smallest absolute Gasteiger partial charge is 0.399 e. The van der Waals surface area contributed by atoms with Crippen LogP contribution in [-0.2, 0) is 14.7 Å². The Kier molecular flexibility index (Phi) is 6.89. The Morgan fingerprint density at radius 3 is 1.90 bits per heavy atom. The Labute approximate surface area is 245 Å². The summed E-state index contributed by atoms with van der Waals surface area (Å²) in [5.74, 6) is 0.887. The van der Waals surface area contributed by atoms with E-state index in [1.807, 2.05) is 0 Å². The van der Waals surface area contributed by atoms with E-state index in [4.69, 9.17) is 9.31 Å². The largest absolute Gasteiger partial charge is 0.494 e. The highest BCUT2D eigenvalue weighted by molar-refractivity contribution is 7.80. The number of para-hydroxylation sites is 1. The van der Waals surface area contributed by atoms with Gasteiger partial charge in [0.1, 0.15) is 0 Å². The lowest BCUT2D eigenvalue weighted by molar-refractivity contribution is 0.00578. The van der Waals surface area contributed by atoms with Gasteiger partial charge in [0.25, 0.3) is 0 Å². The van der Waals surface area contributed by atoms with E-state index < -0.39 is 0 Å². The minimum Gasteiger partial charge on any atom is -0.399 e. The molecule has 0 aromatic heterocycles. The van der Waals surface area contributed by atoms with E-state index in [1.54, 1.807) is 0 Å². The molecule has 4 aromatic rings. The van der Waals surface area contributed by atoms with Crippen molar-refractivity contribution in [1.82, 2.24) is 0 Å². The first-order valence-corrected chi connectivity index (χ1v) is 14.9. The van der Waals surface area contributed by atoms with Crippen molar-refractivity contribution in [3.63, 3.8) is 0 Å². The highest BCUT2D eigenvalue weighted by atomic mass is 32.1. The van der Waals surface area contributed by atoms with Crippen molar-refractivity contribution in [2.75, 3.05) is 10.7 Å². The number of thiol groups is 1. The monoisotopic (exact) mass is 547 g/mol. The molecule has 0 radical (unpaired) electrons. The number of hydrogen-bond acceptors (Lipinski definition) is 4. The van der Waals surface area contributed by atoms with E-state index in [1.165, 1.54) is 22.3 Å². The second-order valence-corrected chi connectivity index (χ2v) is 12.7. The Morgan fingerprint density at radius 2 is 1.23 bits per heavy atom. The molecule has 1 unspecified atom stereocenters. The molecule has 1 heterocycles. The zero-order chi connectivity index (χ0) is 28.1. The summed E-state index contributed by atoms with van der Waals surface area (Å²) in [6.07, 6.45) is 2.14. The van der Waals surface area contributed by atoms with E-state index in [0.29, 0.717) is 0 Å². The Balaban J connectivity index is 1.41. The van der Waals surface area contributed by atoms with Gasteiger partial charge in [-0.25, -0.2) is 0 Å². The summed E-state index contributed by atoms with van der Waals surface area (Å²) in [5.41, 5.74) is 9.11. The van der Waals surface area contributed by atoms with Gasteiger partial charge in [-0.1, -0.05) is 67.6 Å². The first-order valence-electron chi connectivity index (χ1n) is 14.3. The summed E-state index contributed by atoms with van der Waals surface area (Å²) in [4.78, 5) is 2.34. The quantitative estimate of drug-likeness (QED) is 0.185. The maximum atomic E-state index is 6.31. The van der Waals surface area contributed by atoms with Gasteiger partial charge in [-0.2, -0.15) is 12.6 Å². The van der Waals surface area contributed by atoms with Crippen LogP contribution in [0, 0.1) is 0 Å². The number of nitrogens with zero attached hydrogens (tertiary/aromatic N) is 1. The van der Waals surface area contributed by atoms with Crippen LogP contribution in [0.2, 0.25) is 0 Å². The summed E-state index contributed by atoms with van der Waals surface area (Å²) >= 11 is 4.55. The molecule has 5 heteroatoms. The lowest BCUT2D eigenvalue weighted by Crippen LogP contribution is -2.41. The molecule has 1 aliphatic carbocycles. The van der Waals surface area contributed by atoms with Crippen LogP contribution in [-0.4, -0.2) is 24.1 Å². The molecular weight excluding hydrogens is 509 g/mol. The molecule has 4 aromatic carbocycles. The van der Waals surface area contributed by atoms with Crippen LogP contribution in [0.4, 0.5) is 17.1 Å². The molecule has 1 fully saturated rings. The van der Waals surface area contributed by atoms with Gasteiger partial charge < -0.3 is 14.2 Å². The fourth-order valence-corrected chi connectivity index (χ4v) is 6.35. The number of benzene rings is 4. The van der Waals surface area contributed by atoms with E-state index in [0.717, 1.165) is 41.1 Å². The molecule has 1 saturated heterocycles. The van der Waals surface area contributed by atoms with Crippen molar-refractivity contribution in [2.45, 2.75) is 64.1 Å². The summed E-state index contributed by atoms with van der Waals surface area (Å²) in [7, 11) is -0.379. The average molecular weight is 548 g/mol. The van der Waals surface area contributed by atoms with Gasteiger partial charge in [0.15, 0.2) is 0 Å². The van der Waals surface area contributed by atoms with Gasteiger partial charge in [0.2, 0.25) is 0 Å². The van der Waals surface area contributed by atoms with Crippen LogP contribution < -0.4 is 10.4 Å². The van der Waals surface area contributed by atoms with Crippen molar-refractivity contribution in [3.8, 4) is 11.1 Å². The second-order valence-electron chi connectivity index (χ2n) is 12.3. The van der Waals surface area contributed by atoms with Crippen LogP contribution in [0.1, 0.15) is 58.6 Å². The summed E-state index contributed by atoms with van der Waals surface area (Å²) in [5, 5.41) is 0.